The molecule has 1 amide bonds. The van der Waals surface area contributed by atoms with Gasteiger partial charge < -0.3 is 14.5 Å². The molecule has 1 aliphatic carbocycles. The fourth-order valence-corrected chi connectivity index (χ4v) is 6.91. The van der Waals surface area contributed by atoms with E-state index in [1.807, 2.05) is 7.05 Å². The first-order valence-corrected chi connectivity index (χ1v) is 16.1. The molecule has 1 atom stereocenters. The lowest BCUT2D eigenvalue weighted by atomic mass is 9.93. The fraction of sp³-hybridized carbons (Fsp3) is 0.533. The number of hydrogen-bond acceptors (Lipinski definition) is 9. The normalized spacial score (nSPS) is 22.5. The molecule has 4 aliphatic rings. The van der Waals surface area contributed by atoms with Gasteiger partial charge >= 0.3 is 0 Å². The number of amides is 1. The maximum Gasteiger partial charge on any atom is 0.281 e. The second kappa shape index (κ2) is 10.6. The third-order valence-corrected chi connectivity index (χ3v) is 10.2. The van der Waals surface area contributed by atoms with Crippen LogP contribution in [0.4, 0.5) is 11.5 Å². The predicted molar refractivity (Wildman–Crippen MR) is 160 cm³/mol. The Hall–Kier alpha value is -3.67. The van der Waals surface area contributed by atoms with Crippen molar-refractivity contribution in [3.05, 3.63) is 48.3 Å². The van der Waals surface area contributed by atoms with Crippen molar-refractivity contribution in [1.29, 1.82) is 0 Å². The summed E-state index contributed by atoms with van der Waals surface area (Å²) in [6.07, 6.45) is 9.71. The van der Waals surface area contributed by atoms with Crippen molar-refractivity contribution in [2.45, 2.75) is 69.9 Å². The van der Waals surface area contributed by atoms with E-state index in [1.165, 1.54) is 25.1 Å². The Kier molecular flexibility index (Phi) is 7.15. The van der Waals surface area contributed by atoms with Crippen molar-refractivity contribution in [3.63, 3.8) is 0 Å². The van der Waals surface area contributed by atoms with Crippen molar-refractivity contribution in [2.24, 2.45) is 11.3 Å². The highest BCUT2D eigenvalue weighted by Gasteiger charge is 2.41. The lowest BCUT2D eigenvalue weighted by molar-refractivity contribution is 0.0981. The number of ether oxygens (including phenoxy) is 1. The van der Waals surface area contributed by atoms with E-state index >= 15 is 0 Å². The molecule has 1 saturated carbocycles. The van der Waals surface area contributed by atoms with Gasteiger partial charge in [-0.2, -0.15) is 8.42 Å². The summed E-state index contributed by atoms with van der Waals surface area (Å²) in [6, 6.07) is 8.24. The minimum atomic E-state index is -4.21. The number of hydrogen-bond donors (Lipinski definition) is 1. The summed E-state index contributed by atoms with van der Waals surface area (Å²) in [4.78, 5) is 26.9. The molecule has 6 heterocycles. The number of nitrogens with one attached hydrogen (secondary N) is 1. The van der Waals surface area contributed by atoms with E-state index < -0.39 is 15.9 Å². The second-order valence-corrected chi connectivity index (χ2v) is 14.5. The van der Waals surface area contributed by atoms with E-state index in [2.05, 4.69) is 45.4 Å². The van der Waals surface area contributed by atoms with Gasteiger partial charge in [-0.15, -0.1) is 5.10 Å². The van der Waals surface area contributed by atoms with Crippen molar-refractivity contribution in [3.8, 4) is 11.7 Å². The quantitative estimate of drug-likeness (QED) is 0.464. The highest BCUT2D eigenvalue weighted by Crippen LogP contribution is 2.48. The van der Waals surface area contributed by atoms with Crippen molar-refractivity contribution >= 4 is 27.4 Å². The van der Waals surface area contributed by atoms with E-state index in [0.717, 1.165) is 37.9 Å². The van der Waals surface area contributed by atoms with Gasteiger partial charge in [0.05, 0.1) is 24.1 Å². The molecule has 1 saturated heterocycles. The Morgan fingerprint density at radius 2 is 1.93 bits per heavy atom. The number of sulfonamides is 1. The lowest BCUT2D eigenvalue weighted by Gasteiger charge is -2.34. The molecule has 3 aromatic heterocycles. The van der Waals surface area contributed by atoms with Crippen molar-refractivity contribution in [2.75, 3.05) is 36.5 Å². The largest absolute Gasteiger partial charge is 0.477 e. The van der Waals surface area contributed by atoms with Crippen LogP contribution in [0.1, 0.15) is 69.7 Å². The van der Waals surface area contributed by atoms with Gasteiger partial charge in [0.1, 0.15) is 5.82 Å². The molecular formula is C30H39N7O4S. The second-order valence-electron chi connectivity index (χ2n) is 12.9. The van der Waals surface area contributed by atoms with Gasteiger partial charge in [-0.05, 0) is 88.0 Å². The topological polar surface area (TPSA) is 123 Å². The summed E-state index contributed by atoms with van der Waals surface area (Å²) in [5.41, 5.74) is 1.11. The standard InChI is InChI=1S/C30H39N7O4S/c1-29(2)18-21-6-5-15-35(4)22-7-10-26(31-19-22)42(39,40)34-28(38)23-8-9-24(32-27(23)36(29)20-21)37-16-11-25(33-37)41-17-14-30(3)12-13-30/h7-11,16,19,21H,5-6,12-15,17-18,20H2,1-4H3,(H,34,38). The molecule has 3 aliphatic heterocycles. The molecule has 12 heteroatoms. The number of anilines is 2. The SMILES string of the molecule is CN1CCCC2CN(c3nc(-n4ccc(OCCC5(C)CC5)n4)ccc3C(=O)NS(=O)(=O)c3ccc1cn3)C(C)(C)C2. The number of pyridine rings is 2. The first kappa shape index (κ1) is 28.4. The van der Waals surface area contributed by atoms with Crippen LogP contribution in [0.2, 0.25) is 0 Å². The van der Waals surface area contributed by atoms with Crippen LogP contribution in [0.5, 0.6) is 5.88 Å². The van der Waals surface area contributed by atoms with Gasteiger partial charge in [0, 0.05) is 37.9 Å². The van der Waals surface area contributed by atoms with Crippen LogP contribution in [0, 0.1) is 11.3 Å². The molecule has 0 spiro atoms. The third kappa shape index (κ3) is 5.81. The molecule has 224 valence electrons. The van der Waals surface area contributed by atoms with Gasteiger partial charge in [0.2, 0.25) is 5.88 Å². The van der Waals surface area contributed by atoms with Crippen LogP contribution in [-0.2, 0) is 10.0 Å². The van der Waals surface area contributed by atoms with Gasteiger partial charge in [0.25, 0.3) is 15.9 Å². The number of carbonyl (C=O) groups excluding carboxylic acids is 1. The van der Waals surface area contributed by atoms with E-state index in [9.17, 15) is 13.2 Å². The summed E-state index contributed by atoms with van der Waals surface area (Å²) in [7, 11) is -2.23. The fourth-order valence-electron chi connectivity index (χ4n) is 6.01. The average Bonchev–Trinajstić information content (AvgIpc) is 3.34. The number of nitrogens with zero attached hydrogens (tertiary/aromatic N) is 6. The predicted octanol–water partition coefficient (Wildman–Crippen LogP) is 4.18. The molecule has 3 aromatic rings. The zero-order valence-electron chi connectivity index (χ0n) is 24.7. The molecular weight excluding hydrogens is 554 g/mol. The maximum atomic E-state index is 13.6. The van der Waals surface area contributed by atoms with Crippen LogP contribution in [0.25, 0.3) is 5.82 Å². The molecule has 1 unspecified atom stereocenters. The Bertz CT molecular complexity index is 1580. The summed E-state index contributed by atoms with van der Waals surface area (Å²) < 4.78 is 36.1. The van der Waals surface area contributed by atoms with E-state index in [-0.39, 0.29) is 16.1 Å². The summed E-state index contributed by atoms with van der Waals surface area (Å²) in [5.74, 6) is 1.10. The molecule has 0 radical (unpaired) electrons. The zero-order valence-corrected chi connectivity index (χ0v) is 25.5. The van der Waals surface area contributed by atoms with Gasteiger partial charge in [-0.25, -0.2) is 19.4 Å². The summed E-state index contributed by atoms with van der Waals surface area (Å²) >= 11 is 0. The first-order chi connectivity index (χ1) is 19.9. The van der Waals surface area contributed by atoms with Crippen LogP contribution in [0.3, 0.4) is 0 Å². The molecule has 42 heavy (non-hydrogen) atoms. The lowest BCUT2D eigenvalue weighted by Crippen LogP contribution is -2.41. The van der Waals surface area contributed by atoms with Gasteiger partial charge in [-0.3, -0.25) is 4.79 Å². The van der Waals surface area contributed by atoms with Crippen LogP contribution in [0.15, 0.2) is 47.8 Å². The van der Waals surface area contributed by atoms with Crippen molar-refractivity contribution in [1.82, 2.24) is 24.5 Å². The highest BCUT2D eigenvalue weighted by molar-refractivity contribution is 7.90. The van der Waals surface area contributed by atoms with E-state index in [0.29, 0.717) is 42.0 Å². The monoisotopic (exact) mass is 593 g/mol. The van der Waals surface area contributed by atoms with Crippen molar-refractivity contribution < 1.29 is 17.9 Å². The summed E-state index contributed by atoms with van der Waals surface area (Å²) in [6.45, 7) is 8.70. The Balaban J connectivity index is 1.34. The average molecular weight is 594 g/mol. The number of carbonyl (C=O) groups is 1. The van der Waals surface area contributed by atoms with Crippen LogP contribution in [-0.4, -0.2) is 66.4 Å². The molecule has 7 rings (SSSR count). The molecule has 1 N–H and O–H groups in total. The Morgan fingerprint density at radius 3 is 2.67 bits per heavy atom. The van der Waals surface area contributed by atoms with Gasteiger partial charge in [-0.1, -0.05) is 6.92 Å². The molecule has 0 aromatic carbocycles. The first-order valence-electron chi connectivity index (χ1n) is 14.6. The molecule has 2 fully saturated rings. The Morgan fingerprint density at radius 1 is 1.12 bits per heavy atom. The number of fused-ring (bicyclic) bond motifs is 7. The van der Waals surface area contributed by atoms with E-state index in [4.69, 9.17) is 9.72 Å². The zero-order chi connectivity index (χ0) is 29.7. The van der Waals surface area contributed by atoms with Gasteiger partial charge in [0.15, 0.2) is 10.8 Å². The minimum absolute atomic E-state index is 0.181. The summed E-state index contributed by atoms with van der Waals surface area (Å²) in [5, 5.41) is 4.36. The molecule has 11 nitrogen and oxygen atoms in total. The maximum absolute atomic E-state index is 13.6. The third-order valence-electron chi connectivity index (χ3n) is 8.95. The molecule has 4 bridgehead atoms. The minimum Gasteiger partial charge on any atom is -0.477 e. The number of aromatic nitrogens is 4. The Labute approximate surface area is 247 Å². The van der Waals surface area contributed by atoms with E-state index in [1.54, 1.807) is 35.1 Å². The van der Waals surface area contributed by atoms with Crippen LogP contribution >= 0.6 is 0 Å². The highest BCUT2D eigenvalue weighted by atomic mass is 32.2. The smallest absolute Gasteiger partial charge is 0.281 e. The number of rotatable bonds is 5. The van der Waals surface area contributed by atoms with Crippen LogP contribution < -0.4 is 19.3 Å².